The first-order valence-corrected chi connectivity index (χ1v) is 6.14. The van der Waals surface area contributed by atoms with Gasteiger partial charge in [-0.05, 0) is 27.2 Å². The molecule has 5 heteroatoms. The molecule has 0 saturated carbocycles. The normalized spacial score (nSPS) is 33.4. The zero-order valence-electron chi connectivity index (χ0n) is 10.9. The number of carbonyl (C=O) groups is 1. The average Bonchev–Trinajstić information content (AvgIpc) is 2.74. The predicted octanol–water partition coefficient (Wildman–Crippen LogP) is 0.971. The molecule has 98 valence electrons. The van der Waals surface area contributed by atoms with Gasteiger partial charge in [0.05, 0.1) is 6.61 Å². The van der Waals surface area contributed by atoms with Crippen LogP contribution in [0.1, 0.15) is 27.2 Å². The molecule has 2 heterocycles. The van der Waals surface area contributed by atoms with E-state index in [9.17, 15) is 4.79 Å². The highest BCUT2D eigenvalue weighted by atomic mass is 16.6. The number of likely N-dealkylation sites (tertiary alicyclic amines) is 1. The molecular formula is C12H22N2O3. The van der Waals surface area contributed by atoms with Crippen molar-refractivity contribution in [2.24, 2.45) is 11.1 Å². The van der Waals surface area contributed by atoms with E-state index in [2.05, 4.69) is 0 Å². The predicted molar refractivity (Wildman–Crippen MR) is 63.7 cm³/mol. The third-order valence-corrected chi connectivity index (χ3v) is 3.49. The molecule has 0 aliphatic carbocycles. The molecule has 0 aromatic rings. The minimum Gasteiger partial charge on any atom is -0.444 e. The van der Waals surface area contributed by atoms with Gasteiger partial charge in [0.1, 0.15) is 5.60 Å². The van der Waals surface area contributed by atoms with Gasteiger partial charge in [-0.3, -0.25) is 0 Å². The quantitative estimate of drug-likeness (QED) is 0.687. The molecule has 2 N–H and O–H groups in total. The molecule has 2 aliphatic rings. The van der Waals surface area contributed by atoms with Gasteiger partial charge in [-0.25, -0.2) is 4.79 Å². The van der Waals surface area contributed by atoms with Crippen LogP contribution in [0.5, 0.6) is 0 Å². The van der Waals surface area contributed by atoms with Gasteiger partial charge < -0.3 is 20.1 Å². The van der Waals surface area contributed by atoms with Crippen LogP contribution in [0.2, 0.25) is 0 Å². The average molecular weight is 242 g/mol. The molecule has 2 rings (SSSR count). The van der Waals surface area contributed by atoms with Crippen molar-refractivity contribution in [2.75, 3.05) is 26.3 Å². The third-order valence-electron chi connectivity index (χ3n) is 3.49. The van der Waals surface area contributed by atoms with Gasteiger partial charge in [-0.2, -0.15) is 0 Å². The molecule has 0 aromatic carbocycles. The van der Waals surface area contributed by atoms with Gasteiger partial charge in [-0.1, -0.05) is 0 Å². The first kappa shape index (κ1) is 12.6. The Hall–Kier alpha value is -0.810. The molecule has 1 spiro atoms. The molecule has 2 unspecified atom stereocenters. The van der Waals surface area contributed by atoms with Crippen LogP contribution in [-0.2, 0) is 9.47 Å². The summed E-state index contributed by atoms with van der Waals surface area (Å²) in [5, 5.41) is 0. The van der Waals surface area contributed by atoms with Gasteiger partial charge in [0.25, 0.3) is 0 Å². The van der Waals surface area contributed by atoms with Crippen LogP contribution in [0.4, 0.5) is 4.79 Å². The van der Waals surface area contributed by atoms with Gasteiger partial charge in [0.15, 0.2) is 0 Å². The number of nitrogens with zero attached hydrogens (tertiary/aromatic N) is 1. The Morgan fingerprint density at radius 2 is 2.24 bits per heavy atom. The van der Waals surface area contributed by atoms with E-state index in [0.717, 1.165) is 13.0 Å². The second kappa shape index (κ2) is 4.14. The zero-order valence-corrected chi connectivity index (χ0v) is 10.9. The summed E-state index contributed by atoms with van der Waals surface area (Å²) >= 11 is 0. The largest absolute Gasteiger partial charge is 0.444 e. The number of rotatable bonds is 0. The van der Waals surface area contributed by atoms with E-state index < -0.39 is 5.60 Å². The highest BCUT2D eigenvalue weighted by molar-refractivity contribution is 5.68. The van der Waals surface area contributed by atoms with E-state index in [1.807, 2.05) is 20.8 Å². The summed E-state index contributed by atoms with van der Waals surface area (Å²) < 4.78 is 10.8. The maximum absolute atomic E-state index is 12.0. The summed E-state index contributed by atoms with van der Waals surface area (Å²) in [6, 6.07) is -0.00230. The minimum absolute atomic E-state index is 0.00230. The lowest BCUT2D eigenvalue weighted by atomic mass is 9.83. The summed E-state index contributed by atoms with van der Waals surface area (Å²) in [6.07, 6.45) is 0.671. The number of carbonyl (C=O) groups excluding carboxylic acids is 1. The first-order chi connectivity index (χ1) is 7.82. The van der Waals surface area contributed by atoms with E-state index in [0.29, 0.717) is 19.7 Å². The van der Waals surface area contributed by atoms with Crippen LogP contribution in [0.15, 0.2) is 0 Å². The summed E-state index contributed by atoms with van der Waals surface area (Å²) in [5.41, 5.74) is 5.64. The summed E-state index contributed by atoms with van der Waals surface area (Å²) in [5.74, 6) is 0. The summed E-state index contributed by atoms with van der Waals surface area (Å²) in [4.78, 5) is 13.7. The number of nitrogens with two attached hydrogens (primary N) is 1. The van der Waals surface area contributed by atoms with Gasteiger partial charge in [-0.15, -0.1) is 0 Å². The molecule has 0 bridgehead atoms. The second-order valence-electron chi connectivity index (χ2n) is 6.13. The van der Waals surface area contributed by atoms with Crippen molar-refractivity contribution >= 4 is 6.09 Å². The molecule has 0 aromatic heterocycles. The molecular weight excluding hydrogens is 220 g/mol. The van der Waals surface area contributed by atoms with Crippen LogP contribution in [0.3, 0.4) is 0 Å². The van der Waals surface area contributed by atoms with Crippen molar-refractivity contribution in [1.82, 2.24) is 4.90 Å². The molecule has 2 atom stereocenters. The van der Waals surface area contributed by atoms with Crippen LogP contribution in [0, 0.1) is 5.41 Å². The van der Waals surface area contributed by atoms with Crippen LogP contribution in [0.25, 0.3) is 0 Å². The number of amides is 1. The molecule has 5 nitrogen and oxygen atoms in total. The highest BCUT2D eigenvalue weighted by Gasteiger charge is 2.49. The fraction of sp³-hybridized carbons (Fsp3) is 0.917. The van der Waals surface area contributed by atoms with Crippen LogP contribution in [-0.4, -0.2) is 48.9 Å². The highest BCUT2D eigenvalue weighted by Crippen LogP contribution is 2.37. The Labute approximate surface area is 102 Å². The van der Waals surface area contributed by atoms with E-state index >= 15 is 0 Å². The van der Waals surface area contributed by atoms with E-state index in [1.165, 1.54) is 0 Å². The lowest BCUT2D eigenvalue weighted by Gasteiger charge is -2.26. The van der Waals surface area contributed by atoms with Gasteiger partial charge in [0.2, 0.25) is 0 Å². The fourth-order valence-electron chi connectivity index (χ4n) is 2.50. The lowest BCUT2D eigenvalue weighted by molar-refractivity contribution is 0.0269. The van der Waals surface area contributed by atoms with Gasteiger partial charge >= 0.3 is 6.09 Å². The smallest absolute Gasteiger partial charge is 0.410 e. The van der Waals surface area contributed by atoms with Crippen LogP contribution >= 0.6 is 0 Å². The molecule has 0 radical (unpaired) electrons. The maximum atomic E-state index is 12.0. The molecule has 1 amide bonds. The van der Waals surface area contributed by atoms with Crippen LogP contribution < -0.4 is 5.73 Å². The van der Waals surface area contributed by atoms with Crippen molar-refractivity contribution in [3.63, 3.8) is 0 Å². The first-order valence-electron chi connectivity index (χ1n) is 6.14. The number of hydrogen-bond donors (Lipinski definition) is 1. The second-order valence-corrected chi connectivity index (χ2v) is 6.13. The topological polar surface area (TPSA) is 64.8 Å². The Kier molecular flexibility index (Phi) is 3.08. The molecule has 17 heavy (non-hydrogen) atoms. The van der Waals surface area contributed by atoms with Gasteiger partial charge in [0, 0.05) is 31.2 Å². The molecule has 2 saturated heterocycles. The van der Waals surface area contributed by atoms with Crippen molar-refractivity contribution in [3.8, 4) is 0 Å². The SMILES string of the molecule is CC(C)(C)OC(=O)N1CC(N)C2(CCOC2)C1. The minimum atomic E-state index is -0.455. The zero-order chi connectivity index (χ0) is 12.7. The Morgan fingerprint density at radius 1 is 1.53 bits per heavy atom. The summed E-state index contributed by atoms with van der Waals surface area (Å²) in [7, 11) is 0. The van der Waals surface area contributed by atoms with Crippen molar-refractivity contribution in [1.29, 1.82) is 0 Å². The fourth-order valence-corrected chi connectivity index (χ4v) is 2.50. The summed E-state index contributed by atoms with van der Waals surface area (Å²) in [6.45, 7) is 8.24. The number of hydrogen-bond acceptors (Lipinski definition) is 4. The van der Waals surface area contributed by atoms with Crippen molar-refractivity contribution < 1.29 is 14.3 Å². The van der Waals surface area contributed by atoms with E-state index in [4.69, 9.17) is 15.2 Å². The number of ether oxygens (including phenoxy) is 2. The van der Waals surface area contributed by atoms with E-state index in [-0.39, 0.29) is 17.6 Å². The monoisotopic (exact) mass is 242 g/mol. The Morgan fingerprint density at radius 3 is 2.76 bits per heavy atom. The third kappa shape index (κ3) is 2.55. The molecule has 2 fully saturated rings. The van der Waals surface area contributed by atoms with E-state index in [1.54, 1.807) is 4.90 Å². The Balaban J connectivity index is 1.99. The Bertz CT molecular complexity index is 305. The molecule has 2 aliphatic heterocycles. The maximum Gasteiger partial charge on any atom is 0.410 e. The standard InChI is InChI=1S/C12H22N2O3/c1-11(2,3)17-10(15)14-6-9(13)12(7-14)4-5-16-8-12/h9H,4-8,13H2,1-3H3. The van der Waals surface area contributed by atoms with Crippen molar-refractivity contribution in [3.05, 3.63) is 0 Å². The lowest BCUT2D eigenvalue weighted by Crippen LogP contribution is -2.40. The van der Waals surface area contributed by atoms with Crippen molar-refractivity contribution in [2.45, 2.75) is 38.8 Å².